The van der Waals surface area contributed by atoms with Gasteiger partial charge in [-0.2, -0.15) is 0 Å². The maximum absolute atomic E-state index is 11.7. The van der Waals surface area contributed by atoms with E-state index in [1.807, 2.05) is 13.8 Å². The smallest absolute Gasteiger partial charge is 0.189 e. The Labute approximate surface area is 89.0 Å². The fraction of sp³-hybridized carbons (Fsp3) is 0.250. The van der Waals surface area contributed by atoms with Crippen molar-refractivity contribution in [2.75, 3.05) is 7.11 Å². The molecular formula is C12H14O3. The molecule has 0 unspecified atom stereocenters. The molecule has 1 rings (SSSR count). The summed E-state index contributed by atoms with van der Waals surface area (Å²) in [6.45, 7) is 3.66. The van der Waals surface area contributed by atoms with E-state index in [4.69, 9.17) is 4.74 Å². The van der Waals surface area contributed by atoms with Crippen molar-refractivity contribution in [3.63, 3.8) is 0 Å². The van der Waals surface area contributed by atoms with E-state index in [2.05, 4.69) is 0 Å². The van der Waals surface area contributed by atoms with Crippen molar-refractivity contribution in [2.45, 2.75) is 13.8 Å². The number of allylic oxidation sites excluding steroid dienone is 2. The van der Waals surface area contributed by atoms with Crippen LogP contribution in [-0.4, -0.2) is 18.0 Å². The van der Waals surface area contributed by atoms with Gasteiger partial charge >= 0.3 is 0 Å². The Morgan fingerprint density at radius 1 is 1.40 bits per heavy atom. The molecule has 0 aliphatic heterocycles. The zero-order valence-electron chi connectivity index (χ0n) is 9.07. The largest absolute Gasteiger partial charge is 0.507 e. The van der Waals surface area contributed by atoms with Crippen LogP contribution in [0.3, 0.4) is 0 Å². The third-order valence-electron chi connectivity index (χ3n) is 1.89. The molecule has 80 valence electrons. The number of carbonyl (C=O) groups is 1. The minimum Gasteiger partial charge on any atom is -0.507 e. The Balaban J connectivity index is 3.12. The van der Waals surface area contributed by atoms with Crippen LogP contribution in [0.4, 0.5) is 0 Å². The maximum Gasteiger partial charge on any atom is 0.189 e. The molecule has 0 aliphatic carbocycles. The van der Waals surface area contributed by atoms with Gasteiger partial charge in [0.25, 0.3) is 0 Å². The molecule has 0 aliphatic rings. The number of phenolic OH excluding ortho intramolecular Hbond substituents is 1. The van der Waals surface area contributed by atoms with Gasteiger partial charge in [-0.1, -0.05) is 5.57 Å². The number of carbonyl (C=O) groups excluding carboxylic acids is 1. The first kappa shape index (κ1) is 11.3. The first-order valence-electron chi connectivity index (χ1n) is 4.61. The lowest BCUT2D eigenvalue weighted by atomic mass is 10.1. The average Bonchev–Trinajstić information content (AvgIpc) is 2.17. The van der Waals surface area contributed by atoms with Crippen molar-refractivity contribution >= 4 is 5.78 Å². The Morgan fingerprint density at radius 3 is 2.60 bits per heavy atom. The van der Waals surface area contributed by atoms with Crippen LogP contribution in [0, 0.1) is 0 Å². The highest BCUT2D eigenvalue weighted by Crippen LogP contribution is 2.23. The van der Waals surface area contributed by atoms with Gasteiger partial charge in [-0.05, 0) is 38.1 Å². The third kappa shape index (κ3) is 2.84. The highest BCUT2D eigenvalue weighted by molar-refractivity contribution is 6.07. The summed E-state index contributed by atoms with van der Waals surface area (Å²) < 4.78 is 4.98. The zero-order valence-corrected chi connectivity index (χ0v) is 9.07. The van der Waals surface area contributed by atoms with E-state index in [0.29, 0.717) is 5.75 Å². The number of methoxy groups -OCH3 is 1. The molecule has 0 amide bonds. The van der Waals surface area contributed by atoms with E-state index in [9.17, 15) is 9.90 Å². The van der Waals surface area contributed by atoms with Gasteiger partial charge in [0.15, 0.2) is 5.78 Å². The van der Waals surface area contributed by atoms with Crippen LogP contribution in [0.25, 0.3) is 0 Å². The van der Waals surface area contributed by atoms with Crippen molar-refractivity contribution in [3.8, 4) is 11.5 Å². The van der Waals surface area contributed by atoms with Crippen molar-refractivity contribution in [1.82, 2.24) is 0 Å². The lowest BCUT2D eigenvalue weighted by Gasteiger charge is -2.04. The number of rotatable bonds is 3. The fourth-order valence-electron chi connectivity index (χ4n) is 1.18. The molecule has 0 radical (unpaired) electrons. The van der Waals surface area contributed by atoms with Crippen LogP contribution in [0.15, 0.2) is 29.8 Å². The summed E-state index contributed by atoms with van der Waals surface area (Å²) in [4.78, 5) is 11.7. The van der Waals surface area contributed by atoms with E-state index in [-0.39, 0.29) is 17.1 Å². The molecule has 3 heteroatoms. The molecule has 1 aromatic carbocycles. The number of hydrogen-bond donors (Lipinski definition) is 1. The second-order valence-corrected chi connectivity index (χ2v) is 3.47. The maximum atomic E-state index is 11.7. The van der Waals surface area contributed by atoms with Crippen LogP contribution in [0.1, 0.15) is 24.2 Å². The van der Waals surface area contributed by atoms with Crippen molar-refractivity contribution in [3.05, 3.63) is 35.4 Å². The molecule has 3 nitrogen and oxygen atoms in total. The molecule has 0 atom stereocenters. The average molecular weight is 206 g/mol. The fourth-order valence-corrected chi connectivity index (χ4v) is 1.18. The molecule has 15 heavy (non-hydrogen) atoms. The van der Waals surface area contributed by atoms with Gasteiger partial charge in [0, 0.05) is 0 Å². The van der Waals surface area contributed by atoms with Crippen LogP contribution in [0.5, 0.6) is 11.5 Å². The molecule has 0 saturated heterocycles. The Hall–Kier alpha value is -1.77. The van der Waals surface area contributed by atoms with Gasteiger partial charge in [0.2, 0.25) is 0 Å². The SMILES string of the molecule is COc1ccc(O)c(C(=O)C=C(C)C)c1. The predicted molar refractivity (Wildman–Crippen MR) is 58.4 cm³/mol. The molecule has 0 heterocycles. The number of ether oxygens (including phenoxy) is 1. The topological polar surface area (TPSA) is 46.5 Å². The first-order chi connectivity index (χ1) is 7.04. The van der Waals surface area contributed by atoms with Crippen LogP contribution < -0.4 is 4.74 Å². The monoisotopic (exact) mass is 206 g/mol. The molecule has 0 saturated carbocycles. The second-order valence-electron chi connectivity index (χ2n) is 3.47. The van der Waals surface area contributed by atoms with E-state index >= 15 is 0 Å². The minimum absolute atomic E-state index is 0.0294. The summed E-state index contributed by atoms with van der Waals surface area (Å²) in [6.07, 6.45) is 1.48. The Bertz CT molecular complexity index is 401. The van der Waals surface area contributed by atoms with E-state index in [0.717, 1.165) is 5.57 Å². The standard InChI is InChI=1S/C12H14O3/c1-8(2)6-12(14)10-7-9(15-3)4-5-11(10)13/h4-7,13H,1-3H3. The summed E-state index contributed by atoms with van der Waals surface area (Å²) >= 11 is 0. The summed E-state index contributed by atoms with van der Waals surface area (Å²) in [5.41, 5.74) is 1.15. The molecule has 1 aromatic rings. The zero-order chi connectivity index (χ0) is 11.4. The molecule has 0 spiro atoms. The third-order valence-corrected chi connectivity index (χ3v) is 1.89. The van der Waals surface area contributed by atoms with Crippen molar-refractivity contribution in [2.24, 2.45) is 0 Å². The van der Waals surface area contributed by atoms with E-state index in [1.54, 1.807) is 6.07 Å². The molecule has 0 aromatic heterocycles. The summed E-state index contributed by atoms with van der Waals surface area (Å²) in [5.74, 6) is 0.308. The van der Waals surface area contributed by atoms with Crippen LogP contribution in [-0.2, 0) is 0 Å². The quantitative estimate of drug-likeness (QED) is 0.610. The summed E-state index contributed by atoms with van der Waals surface area (Å²) in [6, 6.07) is 4.58. The number of aromatic hydroxyl groups is 1. The van der Waals surface area contributed by atoms with Crippen molar-refractivity contribution < 1.29 is 14.6 Å². The number of ketones is 1. The number of hydrogen-bond acceptors (Lipinski definition) is 3. The van der Waals surface area contributed by atoms with Gasteiger partial charge in [-0.25, -0.2) is 0 Å². The highest BCUT2D eigenvalue weighted by Gasteiger charge is 2.09. The molecule has 1 N–H and O–H groups in total. The summed E-state index contributed by atoms with van der Waals surface area (Å²) in [5, 5.41) is 9.51. The van der Waals surface area contributed by atoms with Gasteiger partial charge in [0.05, 0.1) is 12.7 Å². The normalized spacial score (nSPS) is 9.53. The highest BCUT2D eigenvalue weighted by atomic mass is 16.5. The molecular weight excluding hydrogens is 192 g/mol. The first-order valence-corrected chi connectivity index (χ1v) is 4.61. The molecule has 0 bridgehead atoms. The summed E-state index contributed by atoms with van der Waals surface area (Å²) in [7, 11) is 1.52. The van der Waals surface area contributed by atoms with Crippen LogP contribution >= 0.6 is 0 Å². The lowest BCUT2D eigenvalue weighted by Crippen LogP contribution is -1.96. The molecule has 0 fully saturated rings. The lowest BCUT2D eigenvalue weighted by molar-refractivity contribution is 0.104. The van der Waals surface area contributed by atoms with Gasteiger partial charge < -0.3 is 9.84 Å². The second kappa shape index (κ2) is 4.64. The van der Waals surface area contributed by atoms with Crippen molar-refractivity contribution in [1.29, 1.82) is 0 Å². The predicted octanol–water partition coefficient (Wildman–Crippen LogP) is 2.55. The van der Waals surface area contributed by atoms with E-state index < -0.39 is 0 Å². The number of benzene rings is 1. The van der Waals surface area contributed by atoms with Gasteiger partial charge in [0.1, 0.15) is 11.5 Å². The van der Waals surface area contributed by atoms with Gasteiger partial charge in [-0.15, -0.1) is 0 Å². The van der Waals surface area contributed by atoms with E-state index in [1.165, 1.54) is 25.3 Å². The number of phenols is 1. The van der Waals surface area contributed by atoms with Gasteiger partial charge in [-0.3, -0.25) is 4.79 Å². The van der Waals surface area contributed by atoms with Crippen LogP contribution in [0.2, 0.25) is 0 Å². The minimum atomic E-state index is -0.216. The Kier molecular flexibility index (Phi) is 3.50. The Morgan fingerprint density at radius 2 is 2.07 bits per heavy atom.